The molecule has 156 valence electrons. The molecule has 0 N–H and O–H groups in total. The summed E-state index contributed by atoms with van der Waals surface area (Å²) in [6, 6.07) is 9.49. The van der Waals surface area contributed by atoms with Gasteiger partial charge in [-0.15, -0.1) is 0 Å². The Balaban J connectivity index is 1.63. The fourth-order valence-electron chi connectivity index (χ4n) is 3.73. The molecule has 0 unspecified atom stereocenters. The summed E-state index contributed by atoms with van der Waals surface area (Å²) in [5, 5.41) is 4.51. The molecular weight excluding hydrogens is 390 g/mol. The second-order valence-electron chi connectivity index (χ2n) is 7.13. The van der Waals surface area contributed by atoms with Gasteiger partial charge in [0.05, 0.1) is 18.8 Å². The Morgan fingerprint density at radius 1 is 1.13 bits per heavy atom. The minimum absolute atomic E-state index is 0.0273. The first-order valence-electron chi connectivity index (χ1n) is 9.87. The van der Waals surface area contributed by atoms with Crippen molar-refractivity contribution in [2.45, 2.75) is 33.0 Å². The van der Waals surface area contributed by atoms with Gasteiger partial charge in [0, 0.05) is 49.1 Å². The SMILES string of the molecule is CCOC(=O)c1nn(Cc2ccccn2)c2c1CN(Cc1c(F)cccc1F)CC2. The average Bonchev–Trinajstić information content (AvgIpc) is 3.09. The Hall–Kier alpha value is -3.13. The lowest BCUT2D eigenvalue weighted by atomic mass is 10.0. The molecular formula is C22H22F2N4O2. The zero-order valence-electron chi connectivity index (χ0n) is 16.6. The van der Waals surface area contributed by atoms with Crippen LogP contribution in [-0.2, 0) is 30.8 Å². The minimum Gasteiger partial charge on any atom is -0.461 e. The number of hydrogen-bond acceptors (Lipinski definition) is 5. The smallest absolute Gasteiger partial charge is 0.359 e. The van der Waals surface area contributed by atoms with E-state index in [9.17, 15) is 13.6 Å². The van der Waals surface area contributed by atoms with Gasteiger partial charge in [-0.05, 0) is 31.2 Å². The molecule has 0 spiro atoms. The highest BCUT2D eigenvalue weighted by Gasteiger charge is 2.29. The maximum absolute atomic E-state index is 14.1. The number of fused-ring (bicyclic) bond motifs is 1. The lowest BCUT2D eigenvalue weighted by molar-refractivity contribution is 0.0515. The normalized spacial score (nSPS) is 13.8. The fraction of sp³-hybridized carbons (Fsp3) is 0.318. The van der Waals surface area contributed by atoms with Crippen LogP contribution in [-0.4, -0.2) is 38.8 Å². The number of esters is 1. The summed E-state index contributed by atoms with van der Waals surface area (Å²) in [5.74, 6) is -1.64. The lowest BCUT2D eigenvalue weighted by Gasteiger charge is -2.28. The standard InChI is InChI=1S/C22H22F2N4O2/c1-2-30-22(29)21-17-14-27(13-16-18(23)7-5-8-19(16)24)11-9-20(17)28(26-21)12-15-6-3-4-10-25-15/h3-8,10H,2,9,11-14H2,1H3. The van der Waals surface area contributed by atoms with Gasteiger partial charge in [0.15, 0.2) is 5.69 Å². The van der Waals surface area contributed by atoms with Gasteiger partial charge in [0.2, 0.25) is 0 Å². The van der Waals surface area contributed by atoms with Crippen LogP contribution in [0.4, 0.5) is 8.78 Å². The quantitative estimate of drug-likeness (QED) is 0.581. The van der Waals surface area contributed by atoms with Crippen molar-refractivity contribution in [2.75, 3.05) is 13.2 Å². The fourth-order valence-corrected chi connectivity index (χ4v) is 3.73. The molecule has 2 aromatic heterocycles. The molecule has 0 saturated carbocycles. The number of benzene rings is 1. The third-order valence-corrected chi connectivity index (χ3v) is 5.16. The van der Waals surface area contributed by atoms with Crippen LogP contribution in [0.1, 0.15) is 39.9 Å². The first-order chi connectivity index (χ1) is 14.6. The predicted octanol–water partition coefficient (Wildman–Crippen LogP) is 3.34. The Bertz CT molecular complexity index is 1030. The predicted molar refractivity (Wildman–Crippen MR) is 106 cm³/mol. The number of carbonyl (C=O) groups is 1. The van der Waals surface area contributed by atoms with E-state index in [2.05, 4.69) is 10.1 Å². The number of pyridine rings is 1. The second kappa shape index (κ2) is 8.71. The molecule has 0 atom stereocenters. The van der Waals surface area contributed by atoms with E-state index in [0.717, 1.165) is 17.0 Å². The Morgan fingerprint density at radius 2 is 1.93 bits per heavy atom. The van der Waals surface area contributed by atoms with Crippen LogP contribution in [0, 0.1) is 11.6 Å². The van der Waals surface area contributed by atoms with Gasteiger partial charge < -0.3 is 4.74 Å². The highest BCUT2D eigenvalue weighted by atomic mass is 19.1. The first-order valence-corrected chi connectivity index (χ1v) is 9.87. The van der Waals surface area contributed by atoms with Crippen LogP contribution in [0.5, 0.6) is 0 Å². The maximum atomic E-state index is 14.1. The minimum atomic E-state index is -0.572. The van der Waals surface area contributed by atoms with Crippen molar-refractivity contribution in [3.8, 4) is 0 Å². The highest BCUT2D eigenvalue weighted by Crippen LogP contribution is 2.26. The van der Waals surface area contributed by atoms with Crippen molar-refractivity contribution < 1.29 is 18.3 Å². The number of hydrogen-bond donors (Lipinski definition) is 0. The molecule has 0 amide bonds. The van der Waals surface area contributed by atoms with Crippen LogP contribution in [0.25, 0.3) is 0 Å². The number of rotatable bonds is 6. The molecule has 0 fully saturated rings. The van der Waals surface area contributed by atoms with E-state index in [-0.39, 0.29) is 24.4 Å². The summed E-state index contributed by atoms with van der Waals surface area (Å²) in [6.07, 6.45) is 2.31. The Labute approximate surface area is 173 Å². The third kappa shape index (κ3) is 4.09. The van der Waals surface area contributed by atoms with Gasteiger partial charge in [0.25, 0.3) is 0 Å². The van der Waals surface area contributed by atoms with Crippen molar-refractivity contribution in [3.63, 3.8) is 0 Å². The number of carbonyl (C=O) groups excluding carboxylic acids is 1. The molecule has 6 nitrogen and oxygen atoms in total. The van der Waals surface area contributed by atoms with Crippen molar-refractivity contribution in [1.82, 2.24) is 19.7 Å². The first kappa shape index (κ1) is 20.2. The molecule has 30 heavy (non-hydrogen) atoms. The summed E-state index contributed by atoms with van der Waals surface area (Å²) in [7, 11) is 0. The van der Waals surface area contributed by atoms with E-state index in [0.29, 0.717) is 26.1 Å². The molecule has 4 rings (SSSR count). The van der Waals surface area contributed by atoms with E-state index in [1.54, 1.807) is 17.8 Å². The van der Waals surface area contributed by atoms with Crippen LogP contribution in [0.15, 0.2) is 42.6 Å². The van der Waals surface area contributed by atoms with Crippen molar-refractivity contribution in [3.05, 3.63) is 82.4 Å². The maximum Gasteiger partial charge on any atom is 0.359 e. The summed E-state index contributed by atoms with van der Waals surface area (Å²) >= 11 is 0. The molecule has 1 aromatic carbocycles. The summed E-state index contributed by atoms with van der Waals surface area (Å²) < 4.78 is 35.1. The Kier molecular flexibility index (Phi) is 5.85. The number of ether oxygens (including phenoxy) is 1. The third-order valence-electron chi connectivity index (χ3n) is 5.16. The Morgan fingerprint density at radius 3 is 2.63 bits per heavy atom. The van der Waals surface area contributed by atoms with Gasteiger partial charge in [-0.2, -0.15) is 5.10 Å². The number of nitrogens with zero attached hydrogens (tertiary/aromatic N) is 4. The van der Waals surface area contributed by atoms with E-state index < -0.39 is 17.6 Å². The van der Waals surface area contributed by atoms with Crippen LogP contribution in [0.3, 0.4) is 0 Å². The molecule has 0 aliphatic carbocycles. The molecule has 8 heteroatoms. The molecule has 3 heterocycles. The van der Waals surface area contributed by atoms with Gasteiger partial charge in [-0.25, -0.2) is 13.6 Å². The van der Waals surface area contributed by atoms with E-state index >= 15 is 0 Å². The largest absolute Gasteiger partial charge is 0.461 e. The molecule has 1 aliphatic heterocycles. The zero-order valence-corrected chi connectivity index (χ0v) is 16.6. The molecule has 0 radical (unpaired) electrons. The van der Waals surface area contributed by atoms with E-state index in [1.807, 2.05) is 23.1 Å². The van der Waals surface area contributed by atoms with E-state index in [1.165, 1.54) is 18.2 Å². The number of aromatic nitrogens is 3. The van der Waals surface area contributed by atoms with E-state index in [4.69, 9.17) is 4.74 Å². The van der Waals surface area contributed by atoms with Gasteiger partial charge in [-0.1, -0.05) is 12.1 Å². The van der Waals surface area contributed by atoms with Gasteiger partial charge in [0.1, 0.15) is 11.6 Å². The molecule has 1 aliphatic rings. The monoisotopic (exact) mass is 412 g/mol. The molecule has 3 aromatic rings. The topological polar surface area (TPSA) is 60.2 Å². The zero-order chi connectivity index (χ0) is 21.1. The number of halogens is 2. The molecule has 0 bridgehead atoms. The van der Waals surface area contributed by atoms with Gasteiger partial charge >= 0.3 is 5.97 Å². The van der Waals surface area contributed by atoms with Crippen molar-refractivity contribution in [2.24, 2.45) is 0 Å². The van der Waals surface area contributed by atoms with Crippen LogP contribution in [0.2, 0.25) is 0 Å². The van der Waals surface area contributed by atoms with Crippen molar-refractivity contribution in [1.29, 1.82) is 0 Å². The lowest BCUT2D eigenvalue weighted by Crippen LogP contribution is -2.32. The highest BCUT2D eigenvalue weighted by molar-refractivity contribution is 5.89. The molecule has 0 saturated heterocycles. The second-order valence-corrected chi connectivity index (χ2v) is 7.13. The van der Waals surface area contributed by atoms with Crippen LogP contribution < -0.4 is 0 Å². The van der Waals surface area contributed by atoms with Crippen LogP contribution >= 0.6 is 0 Å². The average molecular weight is 412 g/mol. The summed E-state index contributed by atoms with van der Waals surface area (Å²) in [4.78, 5) is 18.8. The summed E-state index contributed by atoms with van der Waals surface area (Å²) in [5.41, 5.74) is 2.77. The summed E-state index contributed by atoms with van der Waals surface area (Å²) in [6.45, 7) is 3.49. The van der Waals surface area contributed by atoms with Crippen molar-refractivity contribution >= 4 is 5.97 Å². The van der Waals surface area contributed by atoms with Gasteiger partial charge in [-0.3, -0.25) is 14.6 Å².